The normalized spacial score (nSPS) is 12.6. The Hall–Kier alpha value is -2.00. The molecule has 6 nitrogen and oxygen atoms in total. The lowest BCUT2D eigenvalue weighted by Crippen LogP contribution is -2.21. The van der Waals surface area contributed by atoms with Gasteiger partial charge in [-0.3, -0.25) is 0 Å². The number of benzene rings is 2. The van der Waals surface area contributed by atoms with E-state index in [-0.39, 0.29) is 5.56 Å². The van der Waals surface area contributed by atoms with E-state index in [1.54, 1.807) is 6.08 Å². The van der Waals surface area contributed by atoms with E-state index in [4.69, 9.17) is 10.3 Å². The first-order valence-electron chi connectivity index (χ1n) is 6.11. The molecule has 2 rings (SSSR count). The van der Waals surface area contributed by atoms with Crippen LogP contribution in [0.4, 0.5) is 0 Å². The van der Waals surface area contributed by atoms with Gasteiger partial charge in [-0.25, -0.2) is 27.1 Å². The first-order valence-corrected chi connectivity index (χ1v) is 9.20. The van der Waals surface area contributed by atoms with Crippen LogP contribution in [0.25, 0.3) is 12.2 Å². The van der Waals surface area contributed by atoms with Crippen LogP contribution in [0.2, 0.25) is 0 Å². The second-order valence-corrected chi connectivity index (χ2v) is 7.54. The Kier molecular flexibility index (Phi) is 4.47. The summed E-state index contributed by atoms with van der Waals surface area (Å²) >= 11 is 0. The Morgan fingerprint density at radius 2 is 1.36 bits per heavy atom. The fourth-order valence-electron chi connectivity index (χ4n) is 1.94. The van der Waals surface area contributed by atoms with Crippen LogP contribution in [-0.2, 0) is 20.0 Å². The molecular formula is C14H14N2O4S2. The summed E-state index contributed by atoms with van der Waals surface area (Å²) in [5, 5.41) is 10.2. The quantitative estimate of drug-likeness (QED) is 0.812. The molecule has 0 bridgehead atoms. The second-order valence-electron chi connectivity index (χ2n) is 4.51. The molecule has 0 aromatic heterocycles. The number of hydrogen-bond acceptors (Lipinski definition) is 4. The average Bonchev–Trinajstić information content (AvgIpc) is 2.44. The minimum atomic E-state index is -4.26. The Bertz CT molecular complexity index is 919. The van der Waals surface area contributed by atoms with Crippen molar-refractivity contribution in [2.75, 3.05) is 0 Å². The summed E-state index contributed by atoms with van der Waals surface area (Å²) in [7, 11) is -8.48. The molecule has 0 radical (unpaired) electrons. The van der Waals surface area contributed by atoms with Gasteiger partial charge in [-0.15, -0.1) is 0 Å². The van der Waals surface area contributed by atoms with E-state index in [0.717, 1.165) is 11.6 Å². The van der Waals surface area contributed by atoms with Crippen LogP contribution in [0, 0.1) is 0 Å². The first-order chi connectivity index (χ1) is 10.2. The van der Waals surface area contributed by atoms with Gasteiger partial charge < -0.3 is 0 Å². The van der Waals surface area contributed by atoms with Gasteiger partial charge >= 0.3 is 0 Å². The third-order valence-electron chi connectivity index (χ3n) is 2.86. The largest absolute Gasteiger partial charge is 0.240 e. The van der Waals surface area contributed by atoms with Gasteiger partial charge in [0.05, 0.1) is 0 Å². The van der Waals surface area contributed by atoms with Gasteiger partial charge in [-0.05, 0) is 17.2 Å². The van der Waals surface area contributed by atoms with Gasteiger partial charge in [0.2, 0.25) is 20.0 Å². The zero-order chi connectivity index (χ0) is 16.4. The van der Waals surface area contributed by atoms with Gasteiger partial charge in [0.15, 0.2) is 0 Å². The summed E-state index contributed by atoms with van der Waals surface area (Å²) in [5.74, 6) is 0. The maximum absolute atomic E-state index is 11.8. The van der Waals surface area contributed by atoms with Crippen LogP contribution in [0.5, 0.6) is 0 Å². The van der Waals surface area contributed by atoms with Gasteiger partial charge in [0.25, 0.3) is 0 Å². The van der Waals surface area contributed by atoms with Crippen molar-refractivity contribution < 1.29 is 16.8 Å². The molecule has 2 aromatic carbocycles. The maximum Gasteiger partial charge on any atom is 0.240 e. The standard InChI is InChI=1S/C14H14N2O4S2/c15-21(17,18)13-8-4-7-12(14(13)22(16,19)20)10-9-11-5-2-1-3-6-11/h1-10H,(H2,15,17,18)(H2,16,19,20). The number of rotatable bonds is 4. The van der Waals surface area contributed by atoms with Gasteiger partial charge in [0, 0.05) is 0 Å². The molecule has 0 aliphatic rings. The summed E-state index contributed by atoms with van der Waals surface area (Å²) < 4.78 is 46.6. The van der Waals surface area contributed by atoms with E-state index in [0.29, 0.717) is 0 Å². The Morgan fingerprint density at radius 3 is 1.91 bits per heavy atom. The molecule has 0 saturated heterocycles. The topological polar surface area (TPSA) is 120 Å². The molecule has 0 unspecified atom stereocenters. The fourth-order valence-corrected chi connectivity index (χ4v) is 4.10. The predicted octanol–water partition coefficient (Wildman–Crippen LogP) is 1.15. The van der Waals surface area contributed by atoms with Crippen molar-refractivity contribution in [1.29, 1.82) is 0 Å². The zero-order valence-corrected chi connectivity index (χ0v) is 13.0. The Labute approximate surface area is 129 Å². The lowest BCUT2D eigenvalue weighted by Gasteiger charge is -2.09. The molecule has 4 N–H and O–H groups in total. The molecule has 2 aromatic rings. The molecule has 22 heavy (non-hydrogen) atoms. The van der Waals surface area contributed by atoms with E-state index in [1.165, 1.54) is 18.2 Å². The van der Waals surface area contributed by atoms with Crippen LogP contribution in [0.15, 0.2) is 58.3 Å². The third-order valence-corrected chi connectivity index (χ3v) is 4.96. The predicted molar refractivity (Wildman–Crippen MR) is 84.6 cm³/mol. The molecule has 0 aliphatic carbocycles. The number of hydrogen-bond donors (Lipinski definition) is 2. The highest BCUT2D eigenvalue weighted by atomic mass is 32.2. The minimum absolute atomic E-state index is 0.151. The van der Waals surface area contributed by atoms with Crippen molar-refractivity contribution in [1.82, 2.24) is 0 Å². The van der Waals surface area contributed by atoms with Gasteiger partial charge in [-0.2, -0.15) is 0 Å². The maximum atomic E-state index is 11.8. The summed E-state index contributed by atoms with van der Waals surface area (Å²) in [4.78, 5) is -1.03. The zero-order valence-electron chi connectivity index (χ0n) is 11.4. The average molecular weight is 338 g/mol. The monoisotopic (exact) mass is 338 g/mol. The molecule has 0 amide bonds. The summed E-state index contributed by atoms with van der Waals surface area (Å²) in [6, 6.07) is 13.1. The molecule has 0 saturated carbocycles. The van der Waals surface area contributed by atoms with E-state index in [9.17, 15) is 16.8 Å². The van der Waals surface area contributed by atoms with Gasteiger partial charge in [0.1, 0.15) is 9.79 Å². The lowest BCUT2D eigenvalue weighted by atomic mass is 10.1. The highest BCUT2D eigenvalue weighted by molar-refractivity contribution is 7.92. The second kappa shape index (κ2) is 6.01. The van der Waals surface area contributed by atoms with Crippen LogP contribution in [0.1, 0.15) is 11.1 Å². The molecule has 0 atom stereocenters. The first kappa shape index (κ1) is 16.4. The summed E-state index contributed by atoms with van der Waals surface area (Å²) in [6.45, 7) is 0. The Balaban J connectivity index is 2.65. The molecule has 0 aliphatic heterocycles. The lowest BCUT2D eigenvalue weighted by molar-refractivity contribution is 0.584. The number of nitrogens with two attached hydrogens (primary N) is 2. The van der Waals surface area contributed by atoms with Gasteiger partial charge in [-0.1, -0.05) is 54.6 Å². The fraction of sp³-hybridized carbons (Fsp3) is 0. The minimum Gasteiger partial charge on any atom is -0.225 e. The Morgan fingerprint density at radius 1 is 0.727 bits per heavy atom. The van der Waals surface area contributed by atoms with E-state index in [2.05, 4.69) is 0 Å². The van der Waals surface area contributed by atoms with Crippen molar-refractivity contribution in [3.05, 3.63) is 59.7 Å². The highest BCUT2D eigenvalue weighted by Crippen LogP contribution is 2.24. The van der Waals surface area contributed by atoms with Crippen molar-refractivity contribution in [2.45, 2.75) is 9.79 Å². The smallest absolute Gasteiger partial charge is 0.225 e. The van der Waals surface area contributed by atoms with E-state index >= 15 is 0 Å². The van der Waals surface area contributed by atoms with Crippen molar-refractivity contribution in [3.63, 3.8) is 0 Å². The summed E-state index contributed by atoms with van der Waals surface area (Å²) in [5.41, 5.74) is 0.974. The molecular weight excluding hydrogens is 324 g/mol. The molecule has 0 fully saturated rings. The summed E-state index contributed by atoms with van der Waals surface area (Å²) in [6.07, 6.45) is 3.13. The van der Waals surface area contributed by atoms with E-state index < -0.39 is 29.8 Å². The van der Waals surface area contributed by atoms with Crippen LogP contribution < -0.4 is 10.3 Å². The highest BCUT2D eigenvalue weighted by Gasteiger charge is 2.24. The molecule has 0 heterocycles. The van der Waals surface area contributed by atoms with Crippen molar-refractivity contribution in [3.8, 4) is 0 Å². The third kappa shape index (κ3) is 3.80. The van der Waals surface area contributed by atoms with Crippen LogP contribution in [0.3, 0.4) is 0 Å². The molecule has 0 spiro atoms. The molecule has 116 valence electrons. The van der Waals surface area contributed by atoms with Crippen LogP contribution in [-0.4, -0.2) is 16.8 Å². The number of sulfonamides is 2. The molecule has 8 heteroatoms. The number of primary sulfonamides is 2. The SMILES string of the molecule is NS(=O)(=O)c1cccc(C=Cc2ccccc2)c1S(N)(=O)=O. The van der Waals surface area contributed by atoms with Crippen molar-refractivity contribution >= 4 is 32.2 Å². The van der Waals surface area contributed by atoms with Crippen molar-refractivity contribution in [2.24, 2.45) is 10.3 Å². The van der Waals surface area contributed by atoms with Crippen LogP contribution >= 0.6 is 0 Å². The van der Waals surface area contributed by atoms with E-state index in [1.807, 2.05) is 30.3 Å².